The molecule has 0 spiro atoms. The minimum atomic E-state index is -1.21. The quantitative estimate of drug-likeness (QED) is 0.264. The molecule has 22 heavy (non-hydrogen) atoms. The highest BCUT2D eigenvalue weighted by atomic mass is 28.2. The molecule has 0 fully saturated rings. The summed E-state index contributed by atoms with van der Waals surface area (Å²) in [5, 5.41) is 0. The molecule has 1 unspecified atom stereocenters. The van der Waals surface area contributed by atoms with Crippen molar-refractivity contribution in [2.75, 3.05) is 33.2 Å². The van der Waals surface area contributed by atoms with Crippen LogP contribution in [0.2, 0.25) is 6.04 Å². The molecular weight excluding hydrogens is 304 g/mol. The highest BCUT2D eigenvalue weighted by molar-refractivity contribution is 6.26. The van der Waals surface area contributed by atoms with Crippen LogP contribution in [-0.2, 0) is 23.4 Å². The topological polar surface area (TPSA) is 107 Å². The Bertz CT molecular complexity index is 231. The standard InChI is InChI=1S/C14H33NO5Si.H3N/c1-5-16-13(10-9-11-15)14(17-6-2,18-7-3)19-12-20-21-8-4;/h13H,5-12,15,21H2,1-4H3;1H3. The van der Waals surface area contributed by atoms with E-state index in [0.29, 0.717) is 26.4 Å². The summed E-state index contributed by atoms with van der Waals surface area (Å²) in [4.78, 5) is 0. The zero-order valence-electron chi connectivity index (χ0n) is 14.8. The highest BCUT2D eigenvalue weighted by Gasteiger charge is 2.43. The van der Waals surface area contributed by atoms with Crippen LogP contribution < -0.4 is 11.9 Å². The maximum atomic E-state index is 5.83. The van der Waals surface area contributed by atoms with E-state index < -0.39 is 15.7 Å². The van der Waals surface area contributed by atoms with E-state index in [4.69, 9.17) is 29.1 Å². The van der Waals surface area contributed by atoms with Gasteiger partial charge in [0.05, 0.1) is 0 Å². The number of nitrogens with two attached hydrogens (primary N) is 1. The molecular formula is C14H36N2O5Si. The van der Waals surface area contributed by atoms with Crippen LogP contribution in [0.3, 0.4) is 0 Å². The molecule has 8 heteroatoms. The van der Waals surface area contributed by atoms with E-state index in [1.54, 1.807) is 0 Å². The lowest BCUT2D eigenvalue weighted by molar-refractivity contribution is -0.426. The summed E-state index contributed by atoms with van der Waals surface area (Å²) >= 11 is 0. The lowest BCUT2D eigenvalue weighted by Gasteiger charge is -2.38. The van der Waals surface area contributed by atoms with Gasteiger partial charge in [-0.1, -0.05) is 6.92 Å². The van der Waals surface area contributed by atoms with Gasteiger partial charge in [0.1, 0.15) is 12.9 Å². The van der Waals surface area contributed by atoms with Crippen LogP contribution in [0.25, 0.3) is 0 Å². The number of hydrogen-bond acceptors (Lipinski definition) is 7. The summed E-state index contributed by atoms with van der Waals surface area (Å²) in [6.07, 6.45) is 1.22. The first kappa shape index (κ1) is 24.2. The van der Waals surface area contributed by atoms with Gasteiger partial charge in [0.15, 0.2) is 9.76 Å². The molecule has 0 aliphatic heterocycles. The van der Waals surface area contributed by atoms with Crippen LogP contribution in [-0.4, -0.2) is 55.0 Å². The predicted octanol–water partition coefficient (Wildman–Crippen LogP) is 1.53. The lowest BCUT2D eigenvalue weighted by Crippen LogP contribution is -2.52. The Labute approximate surface area is 137 Å². The first-order valence-electron chi connectivity index (χ1n) is 8.01. The Hall–Kier alpha value is -0.0631. The van der Waals surface area contributed by atoms with E-state index in [0.717, 1.165) is 18.9 Å². The molecule has 0 aliphatic rings. The summed E-state index contributed by atoms with van der Waals surface area (Å²) in [6, 6.07) is 1.07. The van der Waals surface area contributed by atoms with Gasteiger partial charge in [0.25, 0.3) is 0 Å². The maximum Gasteiger partial charge on any atom is 0.312 e. The third kappa shape index (κ3) is 9.16. The van der Waals surface area contributed by atoms with E-state index in [9.17, 15) is 0 Å². The van der Waals surface area contributed by atoms with E-state index in [2.05, 4.69) is 6.92 Å². The van der Waals surface area contributed by atoms with Crippen molar-refractivity contribution in [1.29, 1.82) is 0 Å². The molecule has 0 bridgehead atoms. The minimum Gasteiger partial charge on any atom is -0.402 e. The van der Waals surface area contributed by atoms with Crippen molar-refractivity contribution in [2.45, 2.75) is 58.7 Å². The molecule has 0 saturated carbocycles. The van der Waals surface area contributed by atoms with Crippen molar-refractivity contribution in [1.82, 2.24) is 6.15 Å². The molecule has 1 atom stereocenters. The van der Waals surface area contributed by atoms with Crippen molar-refractivity contribution in [3.8, 4) is 0 Å². The van der Waals surface area contributed by atoms with E-state index in [-0.39, 0.29) is 19.0 Å². The van der Waals surface area contributed by atoms with Crippen molar-refractivity contribution < 1.29 is 23.4 Å². The predicted molar refractivity (Wildman–Crippen MR) is 90.8 cm³/mol. The zero-order valence-corrected chi connectivity index (χ0v) is 16.2. The molecule has 0 amide bonds. The first-order chi connectivity index (χ1) is 10.2. The van der Waals surface area contributed by atoms with Crippen LogP contribution in [0.4, 0.5) is 0 Å². The Balaban J connectivity index is 0. The molecule has 0 radical (unpaired) electrons. The smallest absolute Gasteiger partial charge is 0.312 e. The molecule has 0 aromatic heterocycles. The second kappa shape index (κ2) is 15.8. The molecule has 5 N–H and O–H groups in total. The third-order valence-electron chi connectivity index (χ3n) is 2.82. The zero-order chi connectivity index (χ0) is 16.0. The molecule has 0 aromatic carbocycles. The Morgan fingerprint density at radius 3 is 2.09 bits per heavy atom. The summed E-state index contributed by atoms with van der Waals surface area (Å²) in [5.41, 5.74) is 5.61. The maximum absolute atomic E-state index is 5.83. The van der Waals surface area contributed by atoms with Gasteiger partial charge in [0.2, 0.25) is 0 Å². The monoisotopic (exact) mass is 340 g/mol. The van der Waals surface area contributed by atoms with Gasteiger partial charge in [-0.3, -0.25) is 4.74 Å². The van der Waals surface area contributed by atoms with Gasteiger partial charge in [-0.15, -0.1) is 0 Å². The van der Waals surface area contributed by atoms with Crippen molar-refractivity contribution >= 4 is 9.76 Å². The Morgan fingerprint density at radius 1 is 1.00 bits per heavy atom. The van der Waals surface area contributed by atoms with Gasteiger partial charge in [-0.25, -0.2) is 0 Å². The van der Waals surface area contributed by atoms with Crippen molar-refractivity contribution in [3.63, 3.8) is 0 Å². The fraction of sp³-hybridized carbons (Fsp3) is 1.00. The summed E-state index contributed by atoms with van der Waals surface area (Å²) in [5.74, 6) is -1.21. The van der Waals surface area contributed by atoms with Crippen LogP contribution in [0.1, 0.15) is 40.5 Å². The van der Waals surface area contributed by atoms with Crippen molar-refractivity contribution in [2.24, 2.45) is 5.73 Å². The largest absolute Gasteiger partial charge is 0.402 e. The second-order valence-electron chi connectivity index (χ2n) is 4.51. The molecule has 0 aliphatic carbocycles. The average molecular weight is 341 g/mol. The normalized spacial score (nSPS) is 13.5. The molecule has 0 heterocycles. The van der Waals surface area contributed by atoms with Gasteiger partial charge in [0, 0.05) is 19.8 Å². The average Bonchev–Trinajstić information content (AvgIpc) is 2.48. The molecule has 0 saturated heterocycles. The molecule has 136 valence electrons. The second-order valence-corrected chi connectivity index (χ2v) is 6.33. The molecule has 0 rings (SSSR count). The fourth-order valence-corrected chi connectivity index (χ4v) is 2.49. The van der Waals surface area contributed by atoms with E-state index >= 15 is 0 Å². The number of rotatable bonds is 15. The van der Waals surface area contributed by atoms with E-state index in [1.807, 2.05) is 20.8 Å². The molecule has 0 aromatic rings. The summed E-state index contributed by atoms with van der Waals surface area (Å²) in [6.45, 7) is 10.1. The van der Waals surface area contributed by atoms with Gasteiger partial charge in [-0.05, 0) is 46.2 Å². The lowest BCUT2D eigenvalue weighted by atomic mass is 10.1. The van der Waals surface area contributed by atoms with Gasteiger partial charge in [-0.2, -0.15) is 0 Å². The van der Waals surface area contributed by atoms with Crippen LogP contribution in [0.15, 0.2) is 0 Å². The van der Waals surface area contributed by atoms with Gasteiger partial charge >= 0.3 is 5.97 Å². The first-order valence-corrected chi connectivity index (χ1v) is 9.59. The number of ether oxygens (including phenoxy) is 4. The van der Waals surface area contributed by atoms with Crippen molar-refractivity contribution in [3.05, 3.63) is 0 Å². The third-order valence-corrected chi connectivity index (χ3v) is 3.68. The van der Waals surface area contributed by atoms with Crippen LogP contribution >= 0.6 is 0 Å². The number of hydrogen-bond donors (Lipinski definition) is 2. The molecule has 7 nitrogen and oxygen atoms in total. The fourth-order valence-electron chi connectivity index (χ4n) is 2.00. The van der Waals surface area contributed by atoms with Gasteiger partial charge < -0.3 is 30.5 Å². The Morgan fingerprint density at radius 2 is 1.64 bits per heavy atom. The van der Waals surface area contributed by atoms with Crippen LogP contribution in [0, 0.1) is 0 Å². The Kier molecular flexibility index (Phi) is 17.4. The summed E-state index contributed by atoms with van der Waals surface area (Å²) in [7, 11) is -0.524. The highest BCUT2D eigenvalue weighted by Crippen LogP contribution is 2.26. The summed E-state index contributed by atoms with van der Waals surface area (Å²) < 4.78 is 28.7. The van der Waals surface area contributed by atoms with E-state index in [1.165, 1.54) is 0 Å². The van der Waals surface area contributed by atoms with Crippen LogP contribution in [0.5, 0.6) is 0 Å². The SMILES string of the molecule is CCOC(CCCN)C(OCC)(OCC)OCO[SiH2]CC.N. The minimum absolute atomic E-state index is 0.